The van der Waals surface area contributed by atoms with E-state index in [0.717, 1.165) is 12.8 Å². The highest BCUT2D eigenvalue weighted by molar-refractivity contribution is 5.97. The Kier molecular flexibility index (Phi) is 3.64. The second kappa shape index (κ2) is 5.19. The molecule has 0 bridgehead atoms. The van der Waals surface area contributed by atoms with Crippen LogP contribution in [-0.2, 0) is 0 Å². The summed E-state index contributed by atoms with van der Waals surface area (Å²) < 4.78 is 5.18. The lowest BCUT2D eigenvalue weighted by molar-refractivity contribution is 0.0704. The quantitative estimate of drug-likeness (QED) is 0.836. The molecule has 1 N–H and O–H groups in total. The van der Waals surface area contributed by atoms with Crippen molar-refractivity contribution in [2.75, 3.05) is 20.3 Å². The van der Waals surface area contributed by atoms with Crippen LogP contribution < -0.4 is 4.74 Å². The van der Waals surface area contributed by atoms with Crippen molar-refractivity contribution in [2.24, 2.45) is 0 Å². The first-order valence-corrected chi connectivity index (χ1v) is 5.82. The van der Waals surface area contributed by atoms with Crippen LogP contribution >= 0.6 is 0 Å². The number of aliphatic hydroxyl groups excluding tert-OH is 1. The lowest BCUT2D eigenvalue weighted by atomic mass is 10.1. The van der Waals surface area contributed by atoms with Gasteiger partial charge in [-0.25, -0.2) is 0 Å². The molecule has 0 radical (unpaired) electrons. The Morgan fingerprint density at radius 3 is 2.76 bits per heavy atom. The molecule has 1 aromatic carbocycles. The van der Waals surface area contributed by atoms with E-state index in [2.05, 4.69) is 0 Å². The Morgan fingerprint density at radius 2 is 2.18 bits per heavy atom. The molecule has 0 heterocycles. The fraction of sp³-hybridized carbons (Fsp3) is 0.462. The maximum absolute atomic E-state index is 12.3. The first kappa shape index (κ1) is 11.9. The summed E-state index contributed by atoms with van der Waals surface area (Å²) in [6, 6.07) is 7.48. The molecular formula is C13H17NO3. The first-order valence-electron chi connectivity index (χ1n) is 5.82. The SMILES string of the molecule is COc1ccccc1C(=O)N(CCO)C1CC1. The number of ether oxygens (including phenoxy) is 1. The molecule has 4 nitrogen and oxygen atoms in total. The molecular weight excluding hydrogens is 218 g/mol. The minimum Gasteiger partial charge on any atom is -0.496 e. The molecule has 0 aromatic heterocycles. The van der Waals surface area contributed by atoms with Crippen molar-refractivity contribution < 1.29 is 14.6 Å². The molecule has 1 aromatic rings. The van der Waals surface area contributed by atoms with Crippen LogP contribution in [0.4, 0.5) is 0 Å². The zero-order valence-corrected chi connectivity index (χ0v) is 9.93. The molecule has 1 aliphatic carbocycles. The van der Waals surface area contributed by atoms with Crippen LogP contribution in [0.1, 0.15) is 23.2 Å². The molecule has 2 rings (SSSR count). The van der Waals surface area contributed by atoms with Gasteiger partial charge in [0.1, 0.15) is 5.75 Å². The zero-order valence-electron chi connectivity index (χ0n) is 9.93. The summed E-state index contributed by atoms with van der Waals surface area (Å²) >= 11 is 0. The highest BCUT2D eigenvalue weighted by Crippen LogP contribution is 2.29. The van der Waals surface area contributed by atoms with Crippen LogP contribution in [0.15, 0.2) is 24.3 Å². The molecule has 1 amide bonds. The molecule has 17 heavy (non-hydrogen) atoms. The lowest BCUT2D eigenvalue weighted by Gasteiger charge is -2.22. The number of methoxy groups -OCH3 is 1. The van der Waals surface area contributed by atoms with Gasteiger partial charge in [-0.3, -0.25) is 4.79 Å². The molecule has 92 valence electrons. The van der Waals surface area contributed by atoms with Gasteiger partial charge in [-0.15, -0.1) is 0 Å². The minimum atomic E-state index is -0.0565. The van der Waals surface area contributed by atoms with Crippen molar-refractivity contribution in [3.05, 3.63) is 29.8 Å². The largest absolute Gasteiger partial charge is 0.496 e. The number of hydrogen-bond donors (Lipinski definition) is 1. The summed E-state index contributed by atoms with van der Waals surface area (Å²) in [7, 11) is 1.56. The van der Waals surface area contributed by atoms with Gasteiger partial charge in [0.05, 0.1) is 19.3 Å². The van der Waals surface area contributed by atoms with Crippen molar-refractivity contribution in [1.82, 2.24) is 4.90 Å². The van der Waals surface area contributed by atoms with Gasteiger partial charge in [0.15, 0.2) is 0 Å². The van der Waals surface area contributed by atoms with Gasteiger partial charge < -0.3 is 14.7 Å². The normalized spacial score (nSPS) is 14.5. The number of rotatable bonds is 5. The first-order chi connectivity index (χ1) is 8.27. The molecule has 0 spiro atoms. The number of hydrogen-bond acceptors (Lipinski definition) is 3. The smallest absolute Gasteiger partial charge is 0.257 e. The Hall–Kier alpha value is -1.55. The van der Waals surface area contributed by atoms with Gasteiger partial charge in [-0.1, -0.05) is 12.1 Å². The van der Waals surface area contributed by atoms with Gasteiger partial charge in [0.2, 0.25) is 0 Å². The van der Waals surface area contributed by atoms with Crippen LogP contribution in [0.3, 0.4) is 0 Å². The fourth-order valence-corrected chi connectivity index (χ4v) is 1.92. The van der Waals surface area contributed by atoms with Crippen molar-refractivity contribution >= 4 is 5.91 Å². The standard InChI is InChI=1S/C13H17NO3/c1-17-12-5-3-2-4-11(12)13(16)14(8-9-15)10-6-7-10/h2-5,10,15H,6-9H2,1H3. The van der Waals surface area contributed by atoms with Crippen LogP contribution in [-0.4, -0.2) is 42.2 Å². The van der Waals surface area contributed by atoms with Crippen molar-refractivity contribution in [3.8, 4) is 5.75 Å². The highest BCUT2D eigenvalue weighted by atomic mass is 16.5. The molecule has 4 heteroatoms. The Bertz CT molecular complexity index is 401. The van der Waals surface area contributed by atoms with E-state index < -0.39 is 0 Å². The average molecular weight is 235 g/mol. The molecule has 0 aliphatic heterocycles. The van der Waals surface area contributed by atoms with E-state index in [0.29, 0.717) is 23.9 Å². The molecule has 0 saturated heterocycles. The second-order valence-electron chi connectivity index (χ2n) is 4.15. The third-order valence-electron chi connectivity index (χ3n) is 2.93. The van der Waals surface area contributed by atoms with Crippen LogP contribution in [0, 0.1) is 0 Å². The predicted octanol–water partition coefficient (Wildman–Crippen LogP) is 1.29. The van der Waals surface area contributed by atoms with Gasteiger partial charge >= 0.3 is 0 Å². The Morgan fingerprint density at radius 1 is 1.47 bits per heavy atom. The van der Waals surface area contributed by atoms with Gasteiger partial charge in [-0.05, 0) is 25.0 Å². The minimum absolute atomic E-state index is 0.00259. The van der Waals surface area contributed by atoms with Crippen LogP contribution in [0.2, 0.25) is 0 Å². The maximum atomic E-state index is 12.3. The number of nitrogens with zero attached hydrogens (tertiary/aromatic N) is 1. The van der Waals surface area contributed by atoms with E-state index in [1.165, 1.54) is 0 Å². The van der Waals surface area contributed by atoms with E-state index in [9.17, 15) is 4.79 Å². The van der Waals surface area contributed by atoms with Crippen LogP contribution in [0.25, 0.3) is 0 Å². The number of amides is 1. The van der Waals surface area contributed by atoms with Gasteiger partial charge in [0, 0.05) is 12.6 Å². The molecule has 1 fully saturated rings. The monoisotopic (exact) mass is 235 g/mol. The number of benzene rings is 1. The Balaban J connectivity index is 2.21. The van der Waals surface area contributed by atoms with E-state index in [4.69, 9.17) is 9.84 Å². The summed E-state index contributed by atoms with van der Waals surface area (Å²) in [5.41, 5.74) is 0.565. The summed E-state index contributed by atoms with van der Waals surface area (Å²) in [6.07, 6.45) is 2.06. The predicted molar refractivity (Wildman–Crippen MR) is 64.1 cm³/mol. The highest BCUT2D eigenvalue weighted by Gasteiger charge is 2.33. The molecule has 1 saturated carbocycles. The second-order valence-corrected chi connectivity index (χ2v) is 4.15. The number of carbonyl (C=O) groups excluding carboxylic acids is 1. The van der Waals surface area contributed by atoms with Gasteiger partial charge in [0.25, 0.3) is 5.91 Å². The number of aliphatic hydroxyl groups is 1. The number of carbonyl (C=O) groups is 1. The van der Waals surface area contributed by atoms with E-state index in [1.807, 2.05) is 12.1 Å². The van der Waals surface area contributed by atoms with Crippen LogP contribution in [0.5, 0.6) is 5.75 Å². The maximum Gasteiger partial charge on any atom is 0.257 e. The van der Waals surface area contributed by atoms with Crippen molar-refractivity contribution in [3.63, 3.8) is 0 Å². The fourth-order valence-electron chi connectivity index (χ4n) is 1.92. The average Bonchev–Trinajstić information content (AvgIpc) is 3.19. The molecule has 0 unspecified atom stereocenters. The third kappa shape index (κ3) is 2.58. The summed E-state index contributed by atoms with van der Waals surface area (Å²) in [6.45, 7) is 0.388. The molecule has 0 atom stereocenters. The zero-order chi connectivity index (χ0) is 12.3. The lowest BCUT2D eigenvalue weighted by Crippen LogP contribution is -2.35. The van der Waals surface area contributed by atoms with Crippen molar-refractivity contribution in [2.45, 2.75) is 18.9 Å². The number of para-hydroxylation sites is 1. The molecule has 1 aliphatic rings. The summed E-state index contributed by atoms with van der Waals surface area (Å²) in [5.74, 6) is 0.528. The van der Waals surface area contributed by atoms with E-state index in [1.54, 1.807) is 24.1 Å². The third-order valence-corrected chi connectivity index (χ3v) is 2.93. The Labute approximate surface area is 101 Å². The topological polar surface area (TPSA) is 49.8 Å². The summed E-state index contributed by atoms with van der Waals surface area (Å²) in [5, 5.41) is 9.01. The van der Waals surface area contributed by atoms with Gasteiger partial charge in [-0.2, -0.15) is 0 Å². The van der Waals surface area contributed by atoms with E-state index >= 15 is 0 Å². The summed E-state index contributed by atoms with van der Waals surface area (Å²) in [4.78, 5) is 14.1. The van der Waals surface area contributed by atoms with Crippen molar-refractivity contribution in [1.29, 1.82) is 0 Å². The van der Waals surface area contributed by atoms with E-state index in [-0.39, 0.29) is 12.5 Å².